The Morgan fingerprint density at radius 3 is 2.81 bits per heavy atom. The molecule has 0 unspecified atom stereocenters. The van der Waals surface area contributed by atoms with E-state index in [9.17, 15) is 8.42 Å². The lowest BCUT2D eigenvalue weighted by molar-refractivity contribution is 0.184. The summed E-state index contributed by atoms with van der Waals surface area (Å²) in [7, 11) is -2.89. The monoisotopic (exact) mass is 368 g/mol. The van der Waals surface area contributed by atoms with Crippen LogP contribution in [-0.4, -0.2) is 37.4 Å². The standard InChI is InChI=1S/C15H17BrN2O2S/c16-14-4-1-11(8-17)7-13(14)9-18-5-6-21(19,20)10-15(18)12-2-3-12/h1,4,7,12,15H,2-3,5-6,9-10H2/t15-/m0/s1. The molecule has 0 spiro atoms. The van der Waals surface area contributed by atoms with Gasteiger partial charge in [-0.25, -0.2) is 8.42 Å². The third-order valence-electron chi connectivity index (χ3n) is 4.30. The molecule has 1 atom stereocenters. The van der Waals surface area contributed by atoms with Crippen LogP contribution in [0.4, 0.5) is 0 Å². The number of hydrogen-bond acceptors (Lipinski definition) is 4. The zero-order valence-corrected chi connectivity index (χ0v) is 14.0. The predicted molar refractivity (Wildman–Crippen MR) is 84.4 cm³/mol. The minimum atomic E-state index is -2.89. The minimum absolute atomic E-state index is 0.140. The number of nitriles is 1. The number of nitrogens with zero attached hydrogens (tertiary/aromatic N) is 2. The van der Waals surface area contributed by atoms with E-state index in [0.29, 0.717) is 24.6 Å². The normalized spacial score (nSPS) is 25.4. The Balaban J connectivity index is 1.82. The maximum absolute atomic E-state index is 11.9. The van der Waals surface area contributed by atoms with Gasteiger partial charge in [-0.05, 0) is 42.5 Å². The lowest BCUT2D eigenvalue weighted by Gasteiger charge is -2.36. The first-order valence-corrected chi connectivity index (χ1v) is 9.73. The van der Waals surface area contributed by atoms with E-state index in [1.165, 1.54) is 0 Å². The van der Waals surface area contributed by atoms with Crippen molar-refractivity contribution in [3.05, 3.63) is 33.8 Å². The summed E-state index contributed by atoms with van der Waals surface area (Å²) in [6.45, 7) is 1.29. The third-order valence-corrected chi connectivity index (χ3v) is 6.73. The van der Waals surface area contributed by atoms with Crippen LogP contribution in [0.1, 0.15) is 24.0 Å². The fourth-order valence-electron chi connectivity index (χ4n) is 2.97. The van der Waals surface area contributed by atoms with Gasteiger partial charge in [0.2, 0.25) is 0 Å². The van der Waals surface area contributed by atoms with E-state index in [4.69, 9.17) is 5.26 Å². The highest BCUT2D eigenvalue weighted by Crippen LogP contribution is 2.38. The quantitative estimate of drug-likeness (QED) is 0.821. The van der Waals surface area contributed by atoms with Crippen LogP contribution >= 0.6 is 15.9 Å². The van der Waals surface area contributed by atoms with Crippen molar-refractivity contribution < 1.29 is 8.42 Å². The largest absolute Gasteiger partial charge is 0.294 e. The van der Waals surface area contributed by atoms with Crippen molar-refractivity contribution in [1.29, 1.82) is 5.26 Å². The number of hydrogen-bond donors (Lipinski definition) is 0. The Hall–Kier alpha value is -0.900. The molecule has 1 saturated heterocycles. The lowest BCUT2D eigenvalue weighted by atomic mass is 10.1. The van der Waals surface area contributed by atoms with Gasteiger partial charge in [-0.3, -0.25) is 4.90 Å². The van der Waals surface area contributed by atoms with Crippen LogP contribution in [0.2, 0.25) is 0 Å². The summed E-state index contributed by atoms with van der Waals surface area (Å²) in [6.07, 6.45) is 2.27. The highest BCUT2D eigenvalue weighted by molar-refractivity contribution is 9.10. The first-order valence-electron chi connectivity index (χ1n) is 7.11. The molecule has 2 fully saturated rings. The van der Waals surface area contributed by atoms with Gasteiger partial charge in [0.25, 0.3) is 0 Å². The molecule has 1 aromatic carbocycles. The average molecular weight is 369 g/mol. The van der Waals surface area contributed by atoms with E-state index in [1.807, 2.05) is 12.1 Å². The van der Waals surface area contributed by atoms with E-state index in [-0.39, 0.29) is 17.5 Å². The molecule has 0 amide bonds. The summed E-state index contributed by atoms with van der Waals surface area (Å²) in [6, 6.07) is 7.86. The van der Waals surface area contributed by atoms with Crippen LogP contribution in [0.25, 0.3) is 0 Å². The number of rotatable bonds is 3. The summed E-state index contributed by atoms with van der Waals surface area (Å²) in [5, 5.41) is 9.02. The van der Waals surface area contributed by atoms with Gasteiger partial charge >= 0.3 is 0 Å². The van der Waals surface area contributed by atoms with E-state index in [0.717, 1.165) is 22.9 Å². The van der Waals surface area contributed by atoms with E-state index < -0.39 is 9.84 Å². The van der Waals surface area contributed by atoms with Crippen LogP contribution in [-0.2, 0) is 16.4 Å². The smallest absolute Gasteiger partial charge is 0.153 e. The zero-order valence-electron chi connectivity index (χ0n) is 11.6. The van der Waals surface area contributed by atoms with Gasteiger partial charge in [0.05, 0.1) is 23.1 Å². The Kier molecular flexibility index (Phi) is 4.08. The minimum Gasteiger partial charge on any atom is -0.294 e. The van der Waals surface area contributed by atoms with Gasteiger partial charge in [-0.15, -0.1) is 0 Å². The van der Waals surface area contributed by atoms with Crippen molar-refractivity contribution in [1.82, 2.24) is 4.90 Å². The van der Waals surface area contributed by atoms with Crippen LogP contribution in [0, 0.1) is 17.2 Å². The van der Waals surface area contributed by atoms with E-state index in [1.54, 1.807) is 6.07 Å². The highest BCUT2D eigenvalue weighted by atomic mass is 79.9. The highest BCUT2D eigenvalue weighted by Gasteiger charge is 2.41. The van der Waals surface area contributed by atoms with Crippen molar-refractivity contribution in [3.8, 4) is 6.07 Å². The molecule has 0 N–H and O–H groups in total. The van der Waals surface area contributed by atoms with Gasteiger partial charge < -0.3 is 0 Å². The maximum atomic E-state index is 11.9. The molecule has 1 aliphatic carbocycles. The molecule has 0 aromatic heterocycles. The van der Waals surface area contributed by atoms with Gasteiger partial charge in [0.1, 0.15) is 0 Å². The SMILES string of the molecule is N#Cc1ccc(Br)c(CN2CCS(=O)(=O)C[C@H]2C2CC2)c1. The fraction of sp³-hybridized carbons (Fsp3) is 0.533. The van der Waals surface area contributed by atoms with Crippen LogP contribution in [0.3, 0.4) is 0 Å². The second kappa shape index (κ2) is 5.71. The molecule has 6 heteroatoms. The number of sulfone groups is 1. The maximum Gasteiger partial charge on any atom is 0.153 e. The molecule has 3 rings (SSSR count). The summed E-state index contributed by atoms with van der Waals surface area (Å²) in [5.74, 6) is 1.05. The number of benzene rings is 1. The molecule has 0 radical (unpaired) electrons. The van der Waals surface area contributed by atoms with Gasteiger partial charge in [-0.1, -0.05) is 15.9 Å². The topological polar surface area (TPSA) is 61.2 Å². The van der Waals surface area contributed by atoms with Crippen molar-refractivity contribution in [2.24, 2.45) is 5.92 Å². The molecule has 2 aliphatic rings. The molecule has 0 bridgehead atoms. The Morgan fingerprint density at radius 2 is 2.14 bits per heavy atom. The van der Waals surface area contributed by atoms with Crippen molar-refractivity contribution >= 4 is 25.8 Å². The van der Waals surface area contributed by atoms with E-state index >= 15 is 0 Å². The molecule has 1 heterocycles. The summed E-state index contributed by atoms with van der Waals surface area (Å²) >= 11 is 3.53. The van der Waals surface area contributed by atoms with Crippen LogP contribution in [0.5, 0.6) is 0 Å². The fourth-order valence-corrected chi connectivity index (χ4v) is 5.02. The average Bonchev–Trinajstić information content (AvgIpc) is 3.27. The van der Waals surface area contributed by atoms with Crippen molar-refractivity contribution in [3.63, 3.8) is 0 Å². The lowest BCUT2D eigenvalue weighted by Crippen LogP contribution is -2.49. The summed E-state index contributed by atoms with van der Waals surface area (Å²) in [4.78, 5) is 2.28. The second-order valence-electron chi connectivity index (χ2n) is 5.91. The van der Waals surface area contributed by atoms with Crippen molar-refractivity contribution in [2.45, 2.75) is 25.4 Å². The molecule has 21 heavy (non-hydrogen) atoms. The Labute approximate surface area is 133 Å². The summed E-state index contributed by atoms with van der Waals surface area (Å²) < 4.78 is 24.7. The molecule has 1 aliphatic heterocycles. The Morgan fingerprint density at radius 1 is 1.38 bits per heavy atom. The van der Waals surface area contributed by atoms with E-state index in [2.05, 4.69) is 26.9 Å². The Bertz CT molecular complexity index is 692. The molecule has 112 valence electrons. The van der Waals surface area contributed by atoms with Crippen LogP contribution < -0.4 is 0 Å². The molecule has 1 aromatic rings. The number of halogens is 1. The second-order valence-corrected chi connectivity index (χ2v) is 8.99. The predicted octanol–water partition coefficient (Wildman–Crippen LogP) is 2.33. The van der Waals surface area contributed by atoms with Gasteiger partial charge in [0.15, 0.2) is 9.84 Å². The third kappa shape index (κ3) is 3.47. The molecular weight excluding hydrogens is 352 g/mol. The summed E-state index contributed by atoms with van der Waals surface area (Å²) in [5.41, 5.74) is 1.69. The molecular formula is C15H17BrN2O2S. The van der Waals surface area contributed by atoms with Crippen molar-refractivity contribution in [2.75, 3.05) is 18.1 Å². The first kappa shape index (κ1) is 15.0. The first-order chi connectivity index (χ1) is 9.98. The zero-order chi connectivity index (χ0) is 15.0. The molecule has 1 saturated carbocycles. The van der Waals surface area contributed by atoms with Gasteiger partial charge in [-0.2, -0.15) is 5.26 Å². The molecule has 4 nitrogen and oxygen atoms in total. The van der Waals surface area contributed by atoms with Gasteiger partial charge in [0, 0.05) is 23.6 Å². The van der Waals surface area contributed by atoms with Crippen LogP contribution in [0.15, 0.2) is 22.7 Å².